The summed E-state index contributed by atoms with van der Waals surface area (Å²) in [6.45, 7) is 0.935. The number of carbonyl (C=O) groups is 5. The molecule has 2 aliphatic heterocycles. The Morgan fingerprint density at radius 2 is 2.12 bits per heavy atom. The van der Waals surface area contributed by atoms with Gasteiger partial charge in [0.15, 0.2) is 10.8 Å². The maximum atomic E-state index is 12.9. The topological polar surface area (TPSA) is 177 Å². The number of nitrogens with zero attached hydrogens (tertiary/aromatic N) is 3. The zero-order valence-corrected chi connectivity index (χ0v) is 20.1. The fourth-order valence-corrected chi connectivity index (χ4v) is 5.19. The first-order valence-corrected chi connectivity index (χ1v) is 11.9. The van der Waals surface area contributed by atoms with Gasteiger partial charge in [-0.25, -0.2) is 9.78 Å². The summed E-state index contributed by atoms with van der Waals surface area (Å²) in [7, 11) is 1.22. The van der Waals surface area contributed by atoms with E-state index >= 15 is 0 Å². The van der Waals surface area contributed by atoms with Crippen molar-refractivity contribution in [3.05, 3.63) is 22.3 Å². The smallest absolute Gasteiger partial charge is 0.352 e. The van der Waals surface area contributed by atoms with Gasteiger partial charge in [-0.15, -0.1) is 34.7 Å². The van der Waals surface area contributed by atoms with Gasteiger partial charge >= 0.3 is 11.9 Å². The van der Waals surface area contributed by atoms with Crippen molar-refractivity contribution in [1.82, 2.24) is 15.2 Å². The summed E-state index contributed by atoms with van der Waals surface area (Å²) < 4.78 is 4.89. The van der Waals surface area contributed by atoms with Gasteiger partial charge in [-0.3, -0.25) is 24.1 Å². The fraction of sp³-hybridized carbons (Fsp3) is 0.389. The molecule has 0 saturated carbocycles. The number of carboxylic acids is 1. The number of aliphatic carboxylic acids is 1. The van der Waals surface area contributed by atoms with Gasteiger partial charge in [-0.2, -0.15) is 0 Å². The number of nitrogens with one attached hydrogen (secondary N) is 2. The summed E-state index contributed by atoms with van der Waals surface area (Å²) in [4.78, 5) is 69.8. The lowest BCUT2D eigenvalue weighted by Crippen LogP contribution is -2.71. The average Bonchev–Trinajstić information content (AvgIpc) is 3.26. The van der Waals surface area contributed by atoms with Crippen LogP contribution >= 0.6 is 34.7 Å². The van der Waals surface area contributed by atoms with Crippen molar-refractivity contribution in [3.8, 4) is 0 Å². The number of esters is 1. The van der Waals surface area contributed by atoms with Crippen LogP contribution in [0.25, 0.3) is 0 Å². The molecule has 16 heteroatoms. The molecule has 3 amide bonds. The maximum Gasteiger partial charge on any atom is 0.352 e. The van der Waals surface area contributed by atoms with Crippen molar-refractivity contribution in [1.29, 1.82) is 0 Å². The van der Waals surface area contributed by atoms with Crippen LogP contribution < -0.4 is 10.6 Å². The van der Waals surface area contributed by atoms with Crippen molar-refractivity contribution in [3.63, 3.8) is 0 Å². The molecule has 3 rings (SSSR count). The van der Waals surface area contributed by atoms with E-state index in [1.54, 1.807) is 0 Å². The molecule has 2 atom stereocenters. The first kappa shape index (κ1) is 25.5. The summed E-state index contributed by atoms with van der Waals surface area (Å²) in [6, 6.07) is -1.03. The minimum Gasteiger partial charge on any atom is -0.477 e. The standard InChI is InChI=1S/C18H18ClN5O8S2/c1-7(25)32-4-8-5-33-16-12(15(28)24(16)13(8)17(29)30)22-14(27)11(23-31-2)9-6-34-18(20-9)21-10(26)3-19/h6,12,16H,3-5H2,1-2H3,(H,22,27)(H,29,30)(H,20,21,26)/b23-11+/t12-,16+/m0/s1. The lowest BCUT2D eigenvalue weighted by Gasteiger charge is -2.49. The number of aromatic nitrogens is 1. The Morgan fingerprint density at radius 3 is 2.74 bits per heavy atom. The van der Waals surface area contributed by atoms with E-state index in [2.05, 4.69) is 20.8 Å². The van der Waals surface area contributed by atoms with Gasteiger partial charge in [0.2, 0.25) is 5.91 Å². The maximum absolute atomic E-state index is 12.9. The summed E-state index contributed by atoms with van der Waals surface area (Å²) >= 11 is 7.69. The van der Waals surface area contributed by atoms with Crippen molar-refractivity contribution < 1.29 is 38.7 Å². The number of oxime groups is 1. The third-order valence-corrected chi connectivity index (χ3v) is 6.84. The van der Waals surface area contributed by atoms with Gasteiger partial charge in [-0.05, 0) is 0 Å². The number of thioether (sulfide) groups is 1. The van der Waals surface area contributed by atoms with E-state index in [9.17, 15) is 29.1 Å². The highest BCUT2D eigenvalue weighted by molar-refractivity contribution is 8.00. The molecule has 1 fully saturated rings. The molecule has 34 heavy (non-hydrogen) atoms. The molecule has 3 heterocycles. The molecule has 3 N–H and O–H groups in total. The van der Waals surface area contributed by atoms with E-state index < -0.39 is 41.1 Å². The number of thiazole rings is 1. The fourth-order valence-electron chi connectivity index (χ4n) is 3.08. The molecule has 2 aliphatic rings. The number of alkyl halides is 1. The van der Waals surface area contributed by atoms with Gasteiger partial charge in [0, 0.05) is 23.6 Å². The van der Waals surface area contributed by atoms with Gasteiger partial charge in [0.1, 0.15) is 42.4 Å². The van der Waals surface area contributed by atoms with Crippen LogP contribution in [-0.2, 0) is 33.5 Å². The molecule has 13 nitrogen and oxygen atoms in total. The van der Waals surface area contributed by atoms with E-state index in [1.807, 2.05) is 0 Å². The molecular formula is C18H18ClN5O8S2. The van der Waals surface area contributed by atoms with Crippen LogP contribution in [0.2, 0.25) is 0 Å². The number of fused-ring (bicyclic) bond motifs is 1. The van der Waals surface area contributed by atoms with E-state index in [0.29, 0.717) is 0 Å². The van der Waals surface area contributed by atoms with Crippen LogP contribution in [-0.4, -0.2) is 87.1 Å². The molecule has 182 valence electrons. The third-order valence-electron chi connectivity index (χ3n) is 4.50. The highest BCUT2D eigenvalue weighted by Crippen LogP contribution is 2.40. The van der Waals surface area contributed by atoms with Crippen molar-refractivity contribution in [2.45, 2.75) is 18.3 Å². The summed E-state index contributed by atoms with van der Waals surface area (Å²) in [6.07, 6.45) is 0. The van der Waals surface area contributed by atoms with Crippen molar-refractivity contribution in [2.75, 3.05) is 30.7 Å². The minimum atomic E-state index is -1.35. The number of anilines is 1. The first-order valence-electron chi connectivity index (χ1n) is 9.45. The average molecular weight is 532 g/mol. The molecule has 0 bridgehead atoms. The lowest BCUT2D eigenvalue weighted by molar-refractivity contribution is -0.150. The number of hydrogen-bond acceptors (Lipinski definition) is 11. The number of β-lactam (4-membered cyclic amide) rings is 1. The Kier molecular flexibility index (Phi) is 8.11. The van der Waals surface area contributed by atoms with E-state index in [0.717, 1.165) is 16.2 Å². The van der Waals surface area contributed by atoms with Crippen molar-refractivity contribution >= 4 is 75.2 Å². The van der Waals surface area contributed by atoms with E-state index in [-0.39, 0.29) is 46.0 Å². The Morgan fingerprint density at radius 1 is 1.38 bits per heavy atom. The summed E-state index contributed by atoms with van der Waals surface area (Å²) in [5, 5.41) is 19.2. The second-order valence-corrected chi connectivity index (χ2v) is 8.97. The Labute approximate surface area is 205 Å². The predicted molar refractivity (Wildman–Crippen MR) is 121 cm³/mol. The first-order chi connectivity index (χ1) is 16.2. The van der Waals surface area contributed by atoms with Gasteiger partial charge in [0.25, 0.3) is 11.8 Å². The van der Waals surface area contributed by atoms with Crippen molar-refractivity contribution in [2.24, 2.45) is 5.16 Å². The second-order valence-electron chi connectivity index (χ2n) is 6.74. The zero-order valence-electron chi connectivity index (χ0n) is 17.7. The molecule has 0 aliphatic carbocycles. The lowest BCUT2D eigenvalue weighted by atomic mass is 10.0. The largest absolute Gasteiger partial charge is 0.477 e. The van der Waals surface area contributed by atoms with E-state index in [4.69, 9.17) is 21.2 Å². The van der Waals surface area contributed by atoms with Crippen LogP contribution in [0.3, 0.4) is 0 Å². The Bertz CT molecular complexity index is 1100. The molecule has 1 aromatic heterocycles. The van der Waals surface area contributed by atoms with Gasteiger partial charge in [-0.1, -0.05) is 5.16 Å². The molecule has 0 radical (unpaired) electrons. The number of ether oxygens (including phenoxy) is 1. The SMILES string of the molecule is CO/N=C(/C(=O)N[C@H]1C(=O)N2C(C(=O)O)=C(COC(C)=O)CS[C@H]12)c1csc(NC(=O)CCl)n1. The summed E-state index contributed by atoms with van der Waals surface area (Å²) in [5.41, 5.74) is -0.158. The molecule has 0 spiro atoms. The number of rotatable bonds is 9. The number of carbonyl (C=O) groups excluding carboxylic acids is 4. The number of carboxylic acid groups (broad SMARTS) is 1. The Hall–Kier alpha value is -3.17. The number of halogens is 1. The van der Waals surface area contributed by atoms with Crippen LogP contribution in [0.1, 0.15) is 12.6 Å². The molecular weight excluding hydrogens is 514 g/mol. The molecule has 1 saturated heterocycles. The molecule has 0 unspecified atom stereocenters. The van der Waals surface area contributed by atoms with Crippen LogP contribution in [0, 0.1) is 0 Å². The quantitative estimate of drug-likeness (QED) is 0.129. The zero-order chi connectivity index (χ0) is 25.0. The number of amides is 3. The summed E-state index contributed by atoms with van der Waals surface area (Å²) in [5.74, 6) is -3.93. The Balaban J connectivity index is 1.75. The van der Waals surface area contributed by atoms with E-state index in [1.165, 1.54) is 31.2 Å². The van der Waals surface area contributed by atoms with Crippen LogP contribution in [0.4, 0.5) is 5.13 Å². The molecule has 1 aromatic rings. The van der Waals surface area contributed by atoms with Crippen LogP contribution in [0.5, 0.6) is 0 Å². The highest BCUT2D eigenvalue weighted by atomic mass is 35.5. The minimum absolute atomic E-state index is 0.0870. The highest BCUT2D eigenvalue weighted by Gasteiger charge is 2.54. The second kappa shape index (κ2) is 10.8. The third kappa shape index (κ3) is 5.31. The predicted octanol–water partition coefficient (Wildman–Crippen LogP) is -0.0274. The van der Waals surface area contributed by atoms with Gasteiger partial charge < -0.3 is 25.3 Å². The van der Waals surface area contributed by atoms with Crippen LogP contribution in [0.15, 0.2) is 21.8 Å². The van der Waals surface area contributed by atoms with Gasteiger partial charge in [0.05, 0.1) is 0 Å². The number of hydrogen-bond donors (Lipinski definition) is 3. The monoisotopic (exact) mass is 531 g/mol. The normalized spacial score (nSPS) is 19.7. The molecule has 0 aromatic carbocycles.